The van der Waals surface area contributed by atoms with Gasteiger partial charge in [-0.1, -0.05) is 0 Å². The molecular weight excluding hydrogens is 172 g/mol. The highest BCUT2D eigenvalue weighted by Gasteiger charge is 2.29. The number of rotatable bonds is 2. The molecule has 74 valence electrons. The molecule has 2 amide bonds. The molecule has 13 heavy (non-hydrogen) atoms. The van der Waals surface area contributed by atoms with Crippen LogP contribution < -0.4 is 16.5 Å². The van der Waals surface area contributed by atoms with Crippen LogP contribution >= 0.6 is 0 Å². The maximum Gasteiger partial charge on any atom is 0.258 e. The van der Waals surface area contributed by atoms with E-state index in [1.165, 1.54) is 0 Å². The van der Waals surface area contributed by atoms with Crippen LogP contribution in [0, 0.1) is 0 Å². The Kier molecular flexibility index (Phi) is 2.84. The quantitative estimate of drug-likeness (QED) is 0.456. The molecule has 0 aliphatic carbocycles. The van der Waals surface area contributed by atoms with Crippen molar-refractivity contribution in [3.05, 3.63) is 0 Å². The van der Waals surface area contributed by atoms with Crippen molar-refractivity contribution in [2.24, 2.45) is 5.73 Å². The summed E-state index contributed by atoms with van der Waals surface area (Å²) in [5.41, 5.74) is 7.89. The van der Waals surface area contributed by atoms with Crippen LogP contribution in [0.15, 0.2) is 0 Å². The molecule has 2 unspecified atom stereocenters. The SMILES string of the molecule is CC(N)C(=O)NC1CN(C)NC1=O. The molecule has 0 radical (unpaired) electrons. The van der Waals surface area contributed by atoms with Crippen LogP contribution in [0.2, 0.25) is 0 Å². The van der Waals surface area contributed by atoms with E-state index in [1.54, 1.807) is 19.0 Å². The maximum absolute atomic E-state index is 11.1. The van der Waals surface area contributed by atoms with Gasteiger partial charge >= 0.3 is 0 Å². The Morgan fingerprint density at radius 2 is 2.46 bits per heavy atom. The fraction of sp³-hybridized carbons (Fsp3) is 0.714. The van der Waals surface area contributed by atoms with Crippen molar-refractivity contribution in [1.29, 1.82) is 0 Å². The molecule has 0 bridgehead atoms. The van der Waals surface area contributed by atoms with Gasteiger partial charge in [0.25, 0.3) is 5.91 Å². The van der Waals surface area contributed by atoms with Crippen molar-refractivity contribution >= 4 is 11.8 Å². The maximum atomic E-state index is 11.1. The van der Waals surface area contributed by atoms with Gasteiger partial charge < -0.3 is 11.1 Å². The van der Waals surface area contributed by atoms with E-state index in [0.717, 1.165) is 0 Å². The van der Waals surface area contributed by atoms with E-state index in [-0.39, 0.29) is 11.8 Å². The zero-order valence-corrected chi connectivity index (χ0v) is 7.70. The Hall–Kier alpha value is -1.14. The Balaban J connectivity index is 2.46. The van der Waals surface area contributed by atoms with Gasteiger partial charge in [0.15, 0.2) is 0 Å². The van der Waals surface area contributed by atoms with Gasteiger partial charge in [0, 0.05) is 13.6 Å². The molecule has 4 N–H and O–H groups in total. The second-order valence-electron chi connectivity index (χ2n) is 3.21. The zero-order valence-electron chi connectivity index (χ0n) is 7.70. The molecule has 0 spiro atoms. The van der Waals surface area contributed by atoms with Crippen molar-refractivity contribution in [3.8, 4) is 0 Å². The molecule has 0 aromatic heterocycles. The summed E-state index contributed by atoms with van der Waals surface area (Å²) in [6.45, 7) is 2.04. The van der Waals surface area contributed by atoms with Gasteiger partial charge in [0.1, 0.15) is 6.04 Å². The Morgan fingerprint density at radius 3 is 2.85 bits per heavy atom. The zero-order chi connectivity index (χ0) is 10.0. The topological polar surface area (TPSA) is 87.5 Å². The molecule has 2 atom stereocenters. The van der Waals surface area contributed by atoms with E-state index in [0.29, 0.717) is 6.54 Å². The summed E-state index contributed by atoms with van der Waals surface area (Å²) >= 11 is 0. The summed E-state index contributed by atoms with van der Waals surface area (Å²) in [5.74, 6) is -0.507. The van der Waals surface area contributed by atoms with E-state index in [9.17, 15) is 9.59 Å². The molecular formula is C7H14N4O2. The van der Waals surface area contributed by atoms with Crippen molar-refractivity contribution in [2.75, 3.05) is 13.6 Å². The number of carbonyl (C=O) groups is 2. The van der Waals surface area contributed by atoms with E-state index < -0.39 is 12.1 Å². The van der Waals surface area contributed by atoms with Crippen LogP contribution in [0.4, 0.5) is 0 Å². The lowest BCUT2D eigenvalue weighted by Crippen LogP contribution is -2.47. The molecule has 1 fully saturated rings. The first-order valence-corrected chi connectivity index (χ1v) is 4.08. The van der Waals surface area contributed by atoms with Crippen molar-refractivity contribution in [2.45, 2.75) is 19.0 Å². The molecule has 1 saturated heterocycles. The first-order valence-electron chi connectivity index (χ1n) is 4.08. The van der Waals surface area contributed by atoms with Crippen molar-refractivity contribution < 1.29 is 9.59 Å². The van der Waals surface area contributed by atoms with Crippen LogP contribution in [0.3, 0.4) is 0 Å². The molecule has 1 aliphatic rings. The minimum Gasteiger partial charge on any atom is -0.342 e. The van der Waals surface area contributed by atoms with E-state index >= 15 is 0 Å². The normalized spacial score (nSPS) is 25.5. The predicted octanol–water partition coefficient (Wildman–Crippen LogP) is -2.20. The van der Waals surface area contributed by atoms with E-state index in [4.69, 9.17) is 5.73 Å². The molecule has 6 nitrogen and oxygen atoms in total. The lowest BCUT2D eigenvalue weighted by atomic mass is 10.2. The second-order valence-corrected chi connectivity index (χ2v) is 3.21. The number of nitrogens with two attached hydrogens (primary N) is 1. The number of hydrogen-bond donors (Lipinski definition) is 3. The Labute approximate surface area is 76.4 Å². The van der Waals surface area contributed by atoms with Gasteiger partial charge in [-0.25, -0.2) is 5.01 Å². The molecule has 1 aliphatic heterocycles. The van der Waals surface area contributed by atoms with Gasteiger partial charge in [-0.15, -0.1) is 0 Å². The fourth-order valence-corrected chi connectivity index (χ4v) is 1.08. The molecule has 6 heteroatoms. The highest BCUT2D eigenvalue weighted by Crippen LogP contribution is 1.96. The minimum absolute atomic E-state index is 0.198. The van der Waals surface area contributed by atoms with Crippen LogP contribution in [-0.4, -0.2) is 42.5 Å². The first kappa shape index (κ1) is 9.94. The van der Waals surface area contributed by atoms with Gasteiger partial charge in [-0.05, 0) is 6.92 Å². The summed E-state index contributed by atoms with van der Waals surface area (Å²) in [7, 11) is 1.73. The number of amides is 2. The second kappa shape index (κ2) is 3.71. The van der Waals surface area contributed by atoms with Crippen LogP contribution in [0.25, 0.3) is 0 Å². The molecule has 0 aromatic rings. The third-order valence-corrected chi connectivity index (χ3v) is 1.80. The average Bonchev–Trinajstić information content (AvgIpc) is 2.30. The van der Waals surface area contributed by atoms with Gasteiger partial charge in [-0.2, -0.15) is 0 Å². The number of likely N-dealkylation sites (N-methyl/N-ethyl adjacent to an activating group) is 1. The van der Waals surface area contributed by atoms with E-state index in [1.807, 2.05) is 0 Å². The Bertz CT molecular complexity index is 229. The van der Waals surface area contributed by atoms with Crippen molar-refractivity contribution in [3.63, 3.8) is 0 Å². The van der Waals surface area contributed by atoms with Crippen LogP contribution in [-0.2, 0) is 9.59 Å². The smallest absolute Gasteiger partial charge is 0.258 e. The van der Waals surface area contributed by atoms with Gasteiger partial charge in [0.2, 0.25) is 5.91 Å². The monoisotopic (exact) mass is 186 g/mol. The predicted molar refractivity (Wildman–Crippen MR) is 46.4 cm³/mol. The Morgan fingerprint density at radius 1 is 1.85 bits per heavy atom. The summed E-state index contributed by atoms with van der Waals surface area (Å²) in [4.78, 5) is 22.3. The number of nitrogens with zero attached hydrogens (tertiary/aromatic N) is 1. The highest BCUT2D eigenvalue weighted by atomic mass is 16.2. The molecule has 0 aromatic carbocycles. The summed E-state index contributed by atoms with van der Waals surface area (Å²) in [5, 5.41) is 4.16. The summed E-state index contributed by atoms with van der Waals surface area (Å²) in [6.07, 6.45) is 0. The standard InChI is InChI=1S/C7H14N4O2/c1-4(8)6(12)9-5-3-11(2)10-7(5)13/h4-5H,3,8H2,1-2H3,(H,9,12)(H,10,13). The van der Waals surface area contributed by atoms with Gasteiger partial charge in [-0.3, -0.25) is 15.0 Å². The average molecular weight is 186 g/mol. The summed E-state index contributed by atoms with van der Waals surface area (Å²) < 4.78 is 0. The highest BCUT2D eigenvalue weighted by molar-refractivity contribution is 5.90. The number of nitrogens with one attached hydrogen (secondary N) is 2. The van der Waals surface area contributed by atoms with Crippen LogP contribution in [0.5, 0.6) is 0 Å². The van der Waals surface area contributed by atoms with Crippen LogP contribution in [0.1, 0.15) is 6.92 Å². The van der Waals surface area contributed by atoms with E-state index in [2.05, 4.69) is 10.7 Å². The van der Waals surface area contributed by atoms with Crippen molar-refractivity contribution in [1.82, 2.24) is 15.8 Å². The first-order chi connectivity index (χ1) is 6.00. The number of hydrazine groups is 1. The lowest BCUT2D eigenvalue weighted by molar-refractivity contribution is -0.128. The fourth-order valence-electron chi connectivity index (χ4n) is 1.08. The summed E-state index contributed by atoms with van der Waals surface area (Å²) in [6, 6.07) is -1.07. The lowest BCUT2D eigenvalue weighted by Gasteiger charge is -2.11. The largest absolute Gasteiger partial charge is 0.342 e. The minimum atomic E-state index is -0.585. The molecule has 1 rings (SSSR count). The third kappa shape index (κ3) is 2.40. The van der Waals surface area contributed by atoms with Gasteiger partial charge in [0.05, 0.1) is 6.04 Å². The number of hydrogen-bond acceptors (Lipinski definition) is 4. The number of carbonyl (C=O) groups excluding carboxylic acids is 2. The molecule has 1 heterocycles. The third-order valence-electron chi connectivity index (χ3n) is 1.80. The molecule has 0 saturated carbocycles.